The zero-order chi connectivity index (χ0) is 13.5. The van der Waals surface area contributed by atoms with Crippen LogP contribution in [-0.2, 0) is 12.8 Å². The molecular formula is C16H20N2O. The van der Waals surface area contributed by atoms with Gasteiger partial charge in [0.15, 0.2) is 0 Å². The second kappa shape index (κ2) is 4.33. The molecule has 2 N–H and O–H groups in total. The minimum Gasteiger partial charge on any atom is -0.388 e. The molecule has 0 radical (unpaired) electrons. The second-order valence-corrected chi connectivity index (χ2v) is 6.10. The van der Waals surface area contributed by atoms with E-state index >= 15 is 0 Å². The summed E-state index contributed by atoms with van der Waals surface area (Å²) < 4.78 is 0. The number of hydrogen-bond donors (Lipinski definition) is 2. The highest BCUT2D eigenvalue weighted by molar-refractivity contribution is 5.39. The third-order valence-corrected chi connectivity index (χ3v) is 5.09. The Hall–Kier alpha value is -1.37. The first-order valence-electron chi connectivity index (χ1n) is 7.02. The fourth-order valence-corrected chi connectivity index (χ4v) is 3.82. The molecule has 1 aliphatic heterocycles. The van der Waals surface area contributed by atoms with Gasteiger partial charge in [0.05, 0.1) is 17.1 Å². The van der Waals surface area contributed by atoms with E-state index in [1.54, 1.807) is 0 Å². The van der Waals surface area contributed by atoms with Crippen molar-refractivity contribution in [2.45, 2.75) is 31.8 Å². The highest BCUT2D eigenvalue weighted by Crippen LogP contribution is 2.49. The third-order valence-electron chi connectivity index (χ3n) is 5.09. The molecule has 1 aliphatic carbocycles. The van der Waals surface area contributed by atoms with Gasteiger partial charge in [0.2, 0.25) is 0 Å². The van der Waals surface area contributed by atoms with Gasteiger partial charge in [-0.25, -0.2) is 0 Å². The van der Waals surface area contributed by atoms with Crippen LogP contribution in [0.15, 0.2) is 24.3 Å². The number of nitriles is 1. The smallest absolute Gasteiger partial charge is 0.0944 e. The molecular weight excluding hydrogens is 236 g/mol. The van der Waals surface area contributed by atoms with E-state index in [1.807, 2.05) is 19.1 Å². The first kappa shape index (κ1) is 12.7. The summed E-state index contributed by atoms with van der Waals surface area (Å²) in [4.78, 5) is 0. The number of rotatable bonds is 1. The summed E-state index contributed by atoms with van der Waals surface area (Å²) in [6, 6.07) is 10.7. The average molecular weight is 256 g/mol. The van der Waals surface area contributed by atoms with Crippen LogP contribution in [0.25, 0.3) is 0 Å². The van der Waals surface area contributed by atoms with Gasteiger partial charge in [0, 0.05) is 6.54 Å². The number of nitrogens with one attached hydrogen (secondary N) is 1. The number of hydrogen-bond acceptors (Lipinski definition) is 3. The molecule has 1 fully saturated rings. The molecule has 0 saturated carbocycles. The monoisotopic (exact) mass is 256 g/mol. The molecule has 3 nitrogen and oxygen atoms in total. The third kappa shape index (κ3) is 1.71. The predicted molar refractivity (Wildman–Crippen MR) is 73.5 cm³/mol. The van der Waals surface area contributed by atoms with Crippen molar-refractivity contribution in [1.82, 2.24) is 5.32 Å². The van der Waals surface area contributed by atoms with Gasteiger partial charge in [-0.05, 0) is 42.9 Å². The highest BCUT2D eigenvalue weighted by atomic mass is 16.3. The molecule has 3 rings (SSSR count). The lowest BCUT2D eigenvalue weighted by Crippen LogP contribution is -2.59. The minimum absolute atomic E-state index is 0.107. The van der Waals surface area contributed by atoms with Crippen LogP contribution in [0.2, 0.25) is 0 Å². The lowest BCUT2D eigenvalue weighted by molar-refractivity contribution is -0.110. The van der Waals surface area contributed by atoms with Crippen molar-refractivity contribution in [3.8, 4) is 6.07 Å². The molecule has 0 bridgehead atoms. The van der Waals surface area contributed by atoms with Crippen molar-refractivity contribution >= 4 is 0 Å². The molecule has 1 aromatic carbocycles. The molecule has 1 saturated heterocycles. The maximum Gasteiger partial charge on any atom is 0.0944 e. The van der Waals surface area contributed by atoms with Gasteiger partial charge in [-0.1, -0.05) is 31.2 Å². The summed E-state index contributed by atoms with van der Waals surface area (Å²) in [6.45, 7) is 3.63. The van der Waals surface area contributed by atoms with Crippen LogP contribution >= 0.6 is 0 Å². The molecule has 0 amide bonds. The number of piperidine rings is 1. The molecule has 2 aliphatic rings. The standard InChI is InChI=1S/C16H20N2O/c1-12-10-18-7-6-16(12,19)15(11-17)8-13-4-2-3-5-14(13)9-15/h2-5,12,18-19H,6-10H2,1H3. The summed E-state index contributed by atoms with van der Waals surface area (Å²) in [6.07, 6.45) is 2.02. The number of fused-ring (bicyclic) bond motifs is 1. The maximum absolute atomic E-state index is 11.2. The van der Waals surface area contributed by atoms with E-state index in [-0.39, 0.29) is 5.92 Å². The summed E-state index contributed by atoms with van der Waals surface area (Å²) in [5.74, 6) is 0.107. The van der Waals surface area contributed by atoms with E-state index in [0.717, 1.165) is 13.1 Å². The van der Waals surface area contributed by atoms with Crippen molar-refractivity contribution in [3.63, 3.8) is 0 Å². The minimum atomic E-state index is -0.883. The number of aliphatic hydroxyl groups is 1. The van der Waals surface area contributed by atoms with Crippen LogP contribution in [0.3, 0.4) is 0 Å². The van der Waals surface area contributed by atoms with Gasteiger partial charge in [0.25, 0.3) is 0 Å². The zero-order valence-corrected chi connectivity index (χ0v) is 11.3. The van der Waals surface area contributed by atoms with E-state index in [9.17, 15) is 10.4 Å². The van der Waals surface area contributed by atoms with Crippen molar-refractivity contribution in [1.29, 1.82) is 5.26 Å². The Kier molecular flexibility index (Phi) is 2.88. The molecule has 1 heterocycles. The van der Waals surface area contributed by atoms with Crippen LogP contribution < -0.4 is 5.32 Å². The Balaban J connectivity index is 2.01. The van der Waals surface area contributed by atoms with E-state index in [0.29, 0.717) is 19.3 Å². The first-order valence-corrected chi connectivity index (χ1v) is 7.02. The van der Waals surface area contributed by atoms with E-state index in [1.165, 1.54) is 11.1 Å². The second-order valence-electron chi connectivity index (χ2n) is 6.10. The lowest BCUT2D eigenvalue weighted by atomic mass is 9.62. The molecule has 19 heavy (non-hydrogen) atoms. The quantitative estimate of drug-likeness (QED) is 0.803. The predicted octanol–water partition coefficient (Wildman–Crippen LogP) is 1.66. The summed E-state index contributed by atoms with van der Waals surface area (Å²) in [5.41, 5.74) is 0.913. The van der Waals surface area contributed by atoms with Gasteiger partial charge in [-0.2, -0.15) is 5.26 Å². The van der Waals surface area contributed by atoms with E-state index in [4.69, 9.17) is 0 Å². The van der Waals surface area contributed by atoms with Gasteiger partial charge >= 0.3 is 0 Å². The zero-order valence-electron chi connectivity index (χ0n) is 11.3. The highest BCUT2D eigenvalue weighted by Gasteiger charge is 2.56. The van der Waals surface area contributed by atoms with Crippen LogP contribution in [-0.4, -0.2) is 23.8 Å². The largest absolute Gasteiger partial charge is 0.388 e. The van der Waals surface area contributed by atoms with Crippen molar-refractivity contribution in [2.75, 3.05) is 13.1 Å². The van der Waals surface area contributed by atoms with E-state index < -0.39 is 11.0 Å². The van der Waals surface area contributed by atoms with Crippen LogP contribution in [0.4, 0.5) is 0 Å². The average Bonchev–Trinajstić information content (AvgIpc) is 2.82. The Morgan fingerprint density at radius 3 is 2.47 bits per heavy atom. The van der Waals surface area contributed by atoms with Crippen molar-refractivity contribution in [2.24, 2.45) is 11.3 Å². The Bertz CT molecular complexity index is 509. The summed E-state index contributed by atoms with van der Waals surface area (Å²) in [5, 5.41) is 24.3. The molecule has 1 aromatic rings. The molecule has 100 valence electrons. The molecule has 3 heteroatoms. The Labute approximate surface area is 114 Å². The normalized spacial score (nSPS) is 32.6. The van der Waals surface area contributed by atoms with Crippen LogP contribution in [0.5, 0.6) is 0 Å². The molecule has 2 atom stereocenters. The van der Waals surface area contributed by atoms with E-state index in [2.05, 4.69) is 23.5 Å². The van der Waals surface area contributed by atoms with Crippen LogP contribution in [0.1, 0.15) is 24.5 Å². The van der Waals surface area contributed by atoms with Gasteiger partial charge in [-0.3, -0.25) is 0 Å². The Morgan fingerprint density at radius 1 is 1.32 bits per heavy atom. The Morgan fingerprint density at radius 2 is 1.95 bits per heavy atom. The van der Waals surface area contributed by atoms with Gasteiger partial charge in [0.1, 0.15) is 0 Å². The molecule has 2 unspecified atom stereocenters. The number of nitrogens with zero attached hydrogens (tertiary/aromatic N) is 1. The van der Waals surface area contributed by atoms with Crippen molar-refractivity contribution in [3.05, 3.63) is 35.4 Å². The molecule has 0 aromatic heterocycles. The van der Waals surface area contributed by atoms with Gasteiger partial charge in [-0.15, -0.1) is 0 Å². The topological polar surface area (TPSA) is 56.0 Å². The van der Waals surface area contributed by atoms with Gasteiger partial charge < -0.3 is 10.4 Å². The summed E-state index contributed by atoms with van der Waals surface area (Å²) in [7, 11) is 0. The summed E-state index contributed by atoms with van der Waals surface area (Å²) >= 11 is 0. The molecule has 0 spiro atoms. The first-order chi connectivity index (χ1) is 9.11. The fourth-order valence-electron chi connectivity index (χ4n) is 3.82. The number of benzene rings is 1. The fraction of sp³-hybridized carbons (Fsp3) is 0.562. The lowest BCUT2D eigenvalue weighted by Gasteiger charge is -2.47. The van der Waals surface area contributed by atoms with Crippen molar-refractivity contribution < 1.29 is 5.11 Å². The maximum atomic E-state index is 11.2. The SMILES string of the molecule is CC1CNCCC1(O)C1(C#N)Cc2ccccc2C1. The van der Waals surface area contributed by atoms with Crippen LogP contribution in [0, 0.1) is 22.7 Å².